The summed E-state index contributed by atoms with van der Waals surface area (Å²) in [6, 6.07) is 6.18. The van der Waals surface area contributed by atoms with Crippen LogP contribution in [0.4, 0.5) is 5.69 Å². The number of thiocarbonyl (C=S) groups is 1. The lowest BCUT2D eigenvalue weighted by molar-refractivity contribution is 0.627. The minimum atomic E-state index is 0.430. The lowest BCUT2D eigenvalue weighted by Gasteiger charge is -2.40. The van der Waals surface area contributed by atoms with Gasteiger partial charge in [0.05, 0.1) is 0 Å². The number of thioether (sulfide) groups is 1. The number of rotatable bonds is 2. The Morgan fingerprint density at radius 1 is 1.50 bits per heavy atom. The van der Waals surface area contributed by atoms with Gasteiger partial charge in [0.25, 0.3) is 0 Å². The van der Waals surface area contributed by atoms with Crippen LogP contribution in [0.1, 0.15) is 19.4 Å². The Bertz CT molecular complexity index is 464. The van der Waals surface area contributed by atoms with E-state index in [1.165, 1.54) is 0 Å². The largest absolute Gasteiger partial charge is 0.389 e. The third-order valence-electron chi connectivity index (χ3n) is 3.42. The summed E-state index contributed by atoms with van der Waals surface area (Å²) in [5.41, 5.74) is 7.79. The molecule has 1 heterocycles. The molecule has 0 radical (unpaired) electrons. The van der Waals surface area contributed by atoms with Crippen molar-refractivity contribution in [3.63, 3.8) is 0 Å². The number of halogens is 1. The van der Waals surface area contributed by atoms with Crippen molar-refractivity contribution in [1.29, 1.82) is 0 Å². The van der Waals surface area contributed by atoms with Crippen molar-refractivity contribution in [1.82, 2.24) is 0 Å². The zero-order valence-corrected chi connectivity index (χ0v) is 12.9. The summed E-state index contributed by atoms with van der Waals surface area (Å²) in [6.07, 6.45) is 0. The molecule has 1 aliphatic heterocycles. The van der Waals surface area contributed by atoms with E-state index in [1.807, 2.05) is 30.0 Å². The van der Waals surface area contributed by atoms with Crippen LogP contribution in [0.15, 0.2) is 18.2 Å². The molecule has 0 aliphatic carbocycles. The van der Waals surface area contributed by atoms with Gasteiger partial charge < -0.3 is 10.6 Å². The maximum atomic E-state index is 6.11. The van der Waals surface area contributed by atoms with Crippen molar-refractivity contribution in [2.45, 2.75) is 25.1 Å². The second kappa shape index (κ2) is 5.68. The maximum absolute atomic E-state index is 6.11. The SMILES string of the molecule is CC1SCCN(c2cc(Cl)ccc2C(N)=S)C1C. The highest BCUT2D eigenvalue weighted by Gasteiger charge is 2.27. The van der Waals surface area contributed by atoms with Gasteiger partial charge >= 0.3 is 0 Å². The first-order chi connectivity index (χ1) is 8.50. The summed E-state index contributed by atoms with van der Waals surface area (Å²) >= 11 is 13.2. The van der Waals surface area contributed by atoms with E-state index in [9.17, 15) is 0 Å². The Balaban J connectivity index is 2.42. The predicted octanol–water partition coefficient (Wildman–Crippen LogP) is 3.30. The highest BCUT2D eigenvalue weighted by molar-refractivity contribution is 8.00. The first-order valence-corrected chi connectivity index (χ1v) is 7.82. The number of hydrogen-bond donors (Lipinski definition) is 1. The molecule has 2 unspecified atom stereocenters. The lowest BCUT2D eigenvalue weighted by Crippen LogP contribution is -2.45. The Labute approximate surface area is 123 Å². The van der Waals surface area contributed by atoms with E-state index in [0.717, 1.165) is 28.6 Å². The predicted molar refractivity (Wildman–Crippen MR) is 86.1 cm³/mol. The van der Waals surface area contributed by atoms with Crippen LogP contribution in [-0.4, -0.2) is 28.6 Å². The highest BCUT2D eigenvalue weighted by atomic mass is 35.5. The molecule has 0 spiro atoms. The molecule has 2 rings (SSSR count). The van der Waals surface area contributed by atoms with Crippen molar-refractivity contribution in [3.05, 3.63) is 28.8 Å². The van der Waals surface area contributed by atoms with Crippen molar-refractivity contribution >= 4 is 46.3 Å². The van der Waals surface area contributed by atoms with E-state index < -0.39 is 0 Å². The van der Waals surface area contributed by atoms with E-state index in [4.69, 9.17) is 29.6 Å². The van der Waals surface area contributed by atoms with Gasteiger partial charge in [0.1, 0.15) is 4.99 Å². The van der Waals surface area contributed by atoms with Gasteiger partial charge in [-0.2, -0.15) is 11.8 Å². The summed E-state index contributed by atoms with van der Waals surface area (Å²) in [5, 5.41) is 1.32. The van der Waals surface area contributed by atoms with Crippen LogP contribution in [0.2, 0.25) is 5.02 Å². The Morgan fingerprint density at radius 3 is 2.89 bits per heavy atom. The minimum absolute atomic E-state index is 0.430. The zero-order valence-electron chi connectivity index (χ0n) is 10.5. The average Bonchev–Trinajstić information content (AvgIpc) is 2.32. The Morgan fingerprint density at radius 2 is 2.22 bits per heavy atom. The maximum Gasteiger partial charge on any atom is 0.106 e. The van der Waals surface area contributed by atoms with Gasteiger partial charge in [0.15, 0.2) is 0 Å². The van der Waals surface area contributed by atoms with E-state index in [2.05, 4.69) is 18.7 Å². The molecule has 2 atom stereocenters. The molecule has 0 bridgehead atoms. The molecule has 2 N–H and O–H groups in total. The van der Waals surface area contributed by atoms with Crippen molar-refractivity contribution in [2.24, 2.45) is 5.73 Å². The molecule has 18 heavy (non-hydrogen) atoms. The molecule has 98 valence electrons. The van der Waals surface area contributed by atoms with E-state index >= 15 is 0 Å². The fourth-order valence-corrected chi connectivity index (χ4v) is 3.66. The Kier molecular flexibility index (Phi) is 4.41. The summed E-state index contributed by atoms with van der Waals surface area (Å²) in [4.78, 5) is 2.79. The topological polar surface area (TPSA) is 29.3 Å². The van der Waals surface area contributed by atoms with Crippen molar-refractivity contribution in [3.8, 4) is 0 Å². The fraction of sp³-hybridized carbons (Fsp3) is 0.462. The molecular formula is C13H17ClN2S2. The molecule has 5 heteroatoms. The second-order valence-electron chi connectivity index (χ2n) is 4.54. The summed E-state index contributed by atoms with van der Waals surface area (Å²) in [7, 11) is 0. The second-order valence-corrected chi connectivity index (χ2v) is 6.90. The first-order valence-electron chi connectivity index (χ1n) is 5.98. The number of hydrogen-bond acceptors (Lipinski definition) is 3. The molecular weight excluding hydrogens is 284 g/mol. The molecule has 1 fully saturated rings. The molecule has 1 aromatic carbocycles. The van der Waals surface area contributed by atoms with E-state index in [0.29, 0.717) is 16.3 Å². The zero-order chi connectivity index (χ0) is 13.3. The third-order valence-corrected chi connectivity index (χ3v) is 5.21. The molecule has 0 aromatic heterocycles. The number of anilines is 1. The van der Waals surface area contributed by atoms with Crippen LogP contribution in [0, 0.1) is 0 Å². The first kappa shape index (κ1) is 14.0. The molecule has 0 amide bonds. The van der Waals surface area contributed by atoms with Gasteiger partial charge in [-0.1, -0.05) is 30.7 Å². The van der Waals surface area contributed by atoms with Gasteiger partial charge in [-0.3, -0.25) is 0 Å². The van der Waals surface area contributed by atoms with Crippen LogP contribution >= 0.6 is 35.6 Å². The fourth-order valence-electron chi connectivity index (χ4n) is 2.22. The standard InChI is InChI=1S/C13H17ClN2S2/c1-8-9(2)18-6-5-16(8)12-7-10(14)3-4-11(12)13(15)17/h3-4,7-9H,5-6H2,1-2H3,(H2,15,17). The van der Waals surface area contributed by atoms with Gasteiger partial charge in [-0.15, -0.1) is 0 Å². The van der Waals surface area contributed by atoms with Crippen LogP contribution < -0.4 is 10.6 Å². The Hall–Kier alpha value is -0.450. The summed E-state index contributed by atoms with van der Waals surface area (Å²) in [6.45, 7) is 5.50. The highest BCUT2D eigenvalue weighted by Crippen LogP contribution is 2.32. The lowest BCUT2D eigenvalue weighted by atomic mass is 10.1. The van der Waals surface area contributed by atoms with Gasteiger partial charge in [0.2, 0.25) is 0 Å². The van der Waals surface area contributed by atoms with Crippen molar-refractivity contribution < 1.29 is 0 Å². The number of nitrogens with zero attached hydrogens (tertiary/aromatic N) is 1. The smallest absolute Gasteiger partial charge is 0.106 e. The van der Waals surface area contributed by atoms with Crippen LogP contribution in [0.5, 0.6) is 0 Å². The van der Waals surface area contributed by atoms with E-state index in [1.54, 1.807) is 0 Å². The number of benzene rings is 1. The summed E-state index contributed by atoms with van der Waals surface area (Å²) in [5.74, 6) is 1.12. The molecule has 1 saturated heterocycles. The molecule has 1 aromatic rings. The third kappa shape index (κ3) is 2.76. The van der Waals surface area contributed by atoms with Gasteiger partial charge in [0, 0.05) is 39.9 Å². The van der Waals surface area contributed by atoms with Crippen LogP contribution in [-0.2, 0) is 0 Å². The minimum Gasteiger partial charge on any atom is -0.389 e. The molecule has 1 aliphatic rings. The van der Waals surface area contributed by atoms with Crippen LogP contribution in [0.3, 0.4) is 0 Å². The summed E-state index contributed by atoms with van der Waals surface area (Å²) < 4.78 is 0. The molecule has 2 nitrogen and oxygen atoms in total. The van der Waals surface area contributed by atoms with Gasteiger partial charge in [-0.25, -0.2) is 0 Å². The molecule has 0 saturated carbocycles. The van der Waals surface area contributed by atoms with E-state index in [-0.39, 0.29) is 0 Å². The van der Waals surface area contributed by atoms with Crippen LogP contribution in [0.25, 0.3) is 0 Å². The monoisotopic (exact) mass is 300 g/mol. The average molecular weight is 301 g/mol. The quantitative estimate of drug-likeness (QED) is 0.849. The number of nitrogens with two attached hydrogens (primary N) is 1. The normalized spacial score (nSPS) is 24.1. The van der Waals surface area contributed by atoms with Gasteiger partial charge in [-0.05, 0) is 25.1 Å². The van der Waals surface area contributed by atoms with Crippen molar-refractivity contribution in [2.75, 3.05) is 17.2 Å².